The molecule has 29 heavy (non-hydrogen) atoms. The molecule has 4 rings (SSSR count). The minimum Gasteiger partial charge on any atom is -0.317 e. The third-order valence-corrected chi connectivity index (χ3v) is 5.14. The molecule has 3 aromatic carbocycles. The maximum atomic E-state index is 12.8. The summed E-state index contributed by atoms with van der Waals surface area (Å²) in [5.74, 6) is 0. The number of rotatable bonds is 5. The van der Waals surface area contributed by atoms with Crippen molar-refractivity contribution in [2.24, 2.45) is 0 Å². The highest BCUT2D eigenvalue weighted by molar-refractivity contribution is 5.82. The van der Waals surface area contributed by atoms with Gasteiger partial charge in [-0.15, -0.1) is 0 Å². The smallest absolute Gasteiger partial charge is 0.317 e. The number of hydrogen-bond donors (Lipinski definition) is 1. The van der Waals surface area contributed by atoms with Gasteiger partial charge in [-0.25, -0.2) is 0 Å². The highest BCUT2D eigenvalue weighted by Crippen LogP contribution is 2.30. The third-order valence-electron chi connectivity index (χ3n) is 5.14. The van der Waals surface area contributed by atoms with Gasteiger partial charge in [0.1, 0.15) is 0 Å². The normalized spacial score (nSPS) is 13.0. The molecule has 0 saturated heterocycles. The highest BCUT2D eigenvalue weighted by atomic mass is 19.4. The number of nitrogens with zero attached hydrogens (tertiary/aromatic N) is 1. The molecule has 0 aliphatic carbocycles. The van der Waals surface area contributed by atoms with Gasteiger partial charge < -0.3 is 9.88 Å². The zero-order valence-corrected chi connectivity index (χ0v) is 15.9. The molecule has 0 spiro atoms. The van der Waals surface area contributed by atoms with E-state index in [4.69, 9.17) is 0 Å². The maximum absolute atomic E-state index is 12.8. The molecule has 1 unspecified atom stereocenters. The second kappa shape index (κ2) is 7.76. The van der Waals surface area contributed by atoms with Crippen LogP contribution in [0.3, 0.4) is 0 Å². The van der Waals surface area contributed by atoms with Gasteiger partial charge in [0, 0.05) is 29.9 Å². The van der Waals surface area contributed by atoms with Gasteiger partial charge in [-0.2, -0.15) is 13.2 Å². The number of halogens is 3. The Balaban J connectivity index is 1.52. The maximum Gasteiger partial charge on any atom is 0.416 e. The number of hydrogen-bond acceptors (Lipinski definition) is 1. The molecule has 0 saturated carbocycles. The molecular weight excluding hydrogens is 373 g/mol. The molecule has 2 nitrogen and oxygen atoms in total. The fraction of sp³-hybridized carbons (Fsp3) is 0.167. The molecule has 0 bridgehead atoms. The van der Waals surface area contributed by atoms with Crippen LogP contribution in [0.1, 0.15) is 29.7 Å². The van der Waals surface area contributed by atoms with Crippen molar-refractivity contribution < 1.29 is 13.2 Å². The molecular formula is C24H21F3N2. The molecule has 1 heterocycles. The minimum atomic E-state index is -4.32. The Labute approximate surface area is 167 Å². The van der Waals surface area contributed by atoms with E-state index in [-0.39, 0.29) is 6.04 Å². The van der Waals surface area contributed by atoms with Crippen LogP contribution in [0.5, 0.6) is 0 Å². The molecule has 0 radical (unpaired) electrons. The fourth-order valence-corrected chi connectivity index (χ4v) is 3.47. The van der Waals surface area contributed by atoms with Crippen molar-refractivity contribution in [3.63, 3.8) is 0 Å². The quantitative estimate of drug-likeness (QED) is 0.409. The van der Waals surface area contributed by atoms with E-state index in [0.29, 0.717) is 5.69 Å². The van der Waals surface area contributed by atoms with Crippen molar-refractivity contribution in [1.82, 2.24) is 9.88 Å². The van der Waals surface area contributed by atoms with E-state index >= 15 is 0 Å². The second-order valence-corrected chi connectivity index (χ2v) is 7.14. The van der Waals surface area contributed by atoms with Gasteiger partial charge in [-0.3, -0.25) is 0 Å². The minimum absolute atomic E-state index is 0.239. The van der Waals surface area contributed by atoms with E-state index in [1.165, 1.54) is 17.7 Å². The van der Waals surface area contributed by atoms with Crippen LogP contribution in [0.25, 0.3) is 16.6 Å². The van der Waals surface area contributed by atoms with Gasteiger partial charge in [0.2, 0.25) is 0 Å². The van der Waals surface area contributed by atoms with Crippen molar-refractivity contribution in [2.75, 3.05) is 0 Å². The summed E-state index contributed by atoms with van der Waals surface area (Å²) in [7, 11) is 0. The first-order valence-corrected chi connectivity index (χ1v) is 9.48. The Kier molecular flexibility index (Phi) is 5.16. The number of aromatic nitrogens is 1. The van der Waals surface area contributed by atoms with E-state index in [1.807, 2.05) is 47.2 Å². The second-order valence-electron chi connectivity index (χ2n) is 7.14. The first-order valence-electron chi connectivity index (χ1n) is 9.48. The topological polar surface area (TPSA) is 17.0 Å². The van der Waals surface area contributed by atoms with Crippen molar-refractivity contribution in [1.29, 1.82) is 0 Å². The molecule has 0 fully saturated rings. The zero-order valence-electron chi connectivity index (χ0n) is 15.9. The third kappa shape index (κ3) is 4.20. The van der Waals surface area contributed by atoms with Crippen LogP contribution in [0.4, 0.5) is 13.2 Å². The van der Waals surface area contributed by atoms with Gasteiger partial charge in [0.25, 0.3) is 0 Å². The Morgan fingerprint density at radius 2 is 1.62 bits per heavy atom. The van der Waals surface area contributed by atoms with Crippen molar-refractivity contribution in [2.45, 2.75) is 25.7 Å². The van der Waals surface area contributed by atoms with E-state index in [1.54, 1.807) is 0 Å². The summed E-state index contributed by atoms with van der Waals surface area (Å²) in [4.78, 5) is 0. The lowest BCUT2D eigenvalue weighted by Gasteiger charge is -2.14. The van der Waals surface area contributed by atoms with E-state index in [9.17, 15) is 13.2 Å². The monoisotopic (exact) mass is 394 g/mol. The number of nitrogens with one attached hydrogen (secondary N) is 1. The van der Waals surface area contributed by atoms with Crippen LogP contribution >= 0.6 is 0 Å². The predicted molar refractivity (Wildman–Crippen MR) is 110 cm³/mol. The van der Waals surface area contributed by atoms with Gasteiger partial charge in [0.15, 0.2) is 0 Å². The zero-order chi connectivity index (χ0) is 20.4. The summed E-state index contributed by atoms with van der Waals surface area (Å²) in [5, 5.41) is 4.58. The van der Waals surface area contributed by atoms with Crippen molar-refractivity contribution in [3.05, 3.63) is 102 Å². The summed E-state index contributed by atoms with van der Waals surface area (Å²) in [5.41, 5.74) is 3.42. The average molecular weight is 394 g/mol. The molecule has 1 aromatic heterocycles. The van der Waals surface area contributed by atoms with Gasteiger partial charge in [0.05, 0.1) is 11.1 Å². The Morgan fingerprint density at radius 3 is 2.31 bits per heavy atom. The Hall–Kier alpha value is -3.05. The number of fused-ring (bicyclic) bond motifs is 1. The van der Waals surface area contributed by atoms with E-state index in [0.717, 1.165) is 35.1 Å². The predicted octanol–water partition coefficient (Wildman–Crippen LogP) is 6.50. The molecule has 4 aromatic rings. The summed E-state index contributed by atoms with van der Waals surface area (Å²) in [6, 6.07) is 23.9. The summed E-state index contributed by atoms with van der Waals surface area (Å²) >= 11 is 0. The molecule has 0 aliphatic heterocycles. The number of benzene rings is 3. The van der Waals surface area contributed by atoms with Crippen LogP contribution in [0, 0.1) is 0 Å². The molecule has 0 aliphatic rings. The highest BCUT2D eigenvalue weighted by Gasteiger charge is 2.30. The first kappa shape index (κ1) is 19.3. The van der Waals surface area contributed by atoms with Crippen molar-refractivity contribution >= 4 is 10.9 Å². The van der Waals surface area contributed by atoms with Crippen LogP contribution in [-0.2, 0) is 12.7 Å². The standard InChI is InChI=1S/C24H21F3N2/c1-17(19-5-3-2-4-6-19)28-16-18-7-12-23-20(15-18)13-14-29(23)22-10-8-21(9-11-22)24(25,26)27/h2-15,17,28H,16H2,1H3. The van der Waals surface area contributed by atoms with Crippen LogP contribution < -0.4 is 5.32 Å². The summed E-state index contributed by atoms with van der Waals surface area (Å²) < 4.78 is 40.3. The summed E-state index contributed by atoms with van der Waals surface area (Å²) in [6.07, 6.45) is -2.44. The van der Waals surface area contributed by atoms with E-state index in [2.05, 4.69) is 30.4 Å². The van der Waals surface area contributed by atoms with Gasteiger partial charge in [-0.1, -0.05) is 36.4 Å². The molecule has 1 atom stereocenters. The van der Waals surface area contributed by atoms with Crippen LogP contribution in [0.2, 0.25) is 0 Å². The first-order chi connectivity index (χ1) is 13.9. The summed E-state index contributed by atoms with van der Waals surface area (Å²) in [6.45, 7) is 2.87. The largest absolute Gasteiger partial charge is 0.416 e. The molecule has 148 valence electrons. The molecule has 0 amide bonds. The van der Waals surface area contributed by atoms with Crippen LogP contribution in [-0.4, -0.2) is 4.57 Å². The van der Waals surface area contributed by atoms with Crippen LogP contribution in [0.15, 0.2) is 85.1 Å². The molecule has 1 N–H and O–H groups in total. The molecule has 5 heteroatoms. The Bertz CT molecular complexity index is 1100. The Morgan fingerprint density at radius 1 is 0.897 bits per heavy atom. The van der Waals surface area contributed by atoms with E-state index < -0.39 is 11.7 Å². The lowest BCUT2D eigenvalue weighted by atomic mass is 10.1. The fourth-order valence-electron chi connectivity index (χ4n) is 3.47. The lowest BCUT2D eigenvalue weighted by molar-refractivity contribution is -0.137. The SMILES string of the molecule is CC(NCc1ccc2c(ccn2-c2ccc(C(F)(F)F)cc2)c1)c1ccccc1. The lowest BCUT2D eigenvalue weighted by Crippen LogP contribution is -2.17. The van der Waals surface area contributed by atoms with Gasteiger partial charge in [-0.05, 0) is 60.5 Å². The average Bonchev–Trinajstić information content (AvgIpc) is 3.15. The van der Waals surface area contributed by atoms with Crippen molar-refractivity contribution in [3.8, 4) is 5.69 Å². The number of alkyl halides is 3. The van der Waals surface area contributed by atoms with Gasteiger partial charge >= 0.3 is 6.18 Å².